The molecule has 1 aliphatic heterocycles. The van der Waals surface area contributed by atoms with Crippen LogP contribution in [0.15, 0.2) is 77.7 Å². The van der Waals surface area contributed by atoms with Gasteiger partial charge in [0.1, 0.15) is 28.9 Å². The normalized spacial score (nSPS) is 15.8. The third-order valence-corrected chi connectivity index (χ3v) is 9.45. The minimum atomic E-state index is -4.38. The number of carbonyl (C=O) groups excluding carboxylic acids is 1. The summed E-state index contributed by atoms with van der Waals surface area (Å²) in [5.74, 6) is 0.516. The molecular formula is C31H33N7O10S. The van der Waals surface area contributed by atoms with Crippen LogP contribution in [-0.4, -0.2) is 86.7 Å². The third-order valence-electron chi connectivity index (χ3n) is 8.00. The van der Waals surface area contributed by atoms with E-state index in [0.29, 0.717) is 22.6 Å². The van der Waals surface area contributed by atoms with Crippen molar-refractivity contribution in [3.05, 3.63) is 105 Å². The Kier molecular flexibility index (Phi) is 10.4. The zero-order valence-electron chi connectivity index (χ0n) is 26.4. The first-order valence-corrected chi connectivity index (χ1v) is 16.3. The van der Waals surface area contributed by atoms with Gasteiger partial charge in [-0.15, -0.1) is 0 Å². The summed E-state index contributed by atoms with van der Waals surface area (Å²) in [5.41, 5.74) is 0.706. The Morgan fingerprint density at radius 3 is 2.39 bits per heavy atom. The summed E-state index contributed by atoms with van der Waals surface area (Å²) >= 11 is 0. The van der Waals surface area contributed by atoms with E-state index in [1.807, 2.05) is 0 Å². The van der Waals surface area contributed by atoms with E-state index in [-0.39, 0.29) is 31.0 Å². The van der Waals surface area contributed by atoms with Crippen molar-refractivity contribution in [3.63, 3.8) is 0 Å². The SMILES string of the molecule is COc1ccc(CN2C(=O)[C@@H](N(Cc3ccccc3)C(=O)O)[C@H]2Cn2nc(CO)c(CNS(=O)(=O)c3ccccc3[N+](=O)[O-])n2)c(OC)c1. The number of methoxy groups -OCH3 is 2. The predicted molar refractivity (Wildman–Crippen MR) is 171 cm³/mol. The summed E-state index contributed by atoms with van der Waals surface area (Å²) in [6.45, 7) is -1.26. The van der Waals surface area contributed by atoms with Gasteiger partial charge in [-0.1, -0.05) is 42.5 Å². The number of ether oxygens (including phenoxy) is 2. The number of para-hydroxylation sites is 1. The molecule has 5 rings (SSSR count). The Morgan fingerprint density at radius 2 is 1.73 bits per heavy atom. The van der Waals surface area contributed by atoms with Crippen LogP contribution in [0.3, 0.4) is 0 Å². The average Bonchev–Trinajstić information content (AvgIpc) is 3.51. The molecule has 1 fully saturated rings. The molecule has 0 unspecified atom stereocenters. The summed E-state index contributed by atoms with van der Waals surface area (Å²) in [6, 6.07) is 16.8. The lowest BCUT2D eigenvalue weighted by Gasteiger charge is -2.50. The van der Waals surface area contributed by atoms with E-state index in [4.69, 9.17) is 9.47 Å². The van der Waals surface area contributed by atoms with E-state index < -0.39 is 62.8 Å². The second-order valence-corrected chi connectivity index (χ2v) is 12.6. The van der Waals surface area contributed by atoms with E-state index in [9.17, 15) is 38.3 Å². The predicted octanol–water partition coefficient (Wildman–Crippen LogP) is 2.13. The number of amides is 2. The van der Waals surface area contributed by atoms with E-state index in [1.54, 1.807) is 48.5 Å². The molecule has 0 aliphatic carbocycles. The Morgan fingerprint density at radius 1 is 1.04 bits per heavy atom. The number of carbonyl (C=O) groups is 2. The second-order valence-electron chi connectivity index (χ2n) is 10.9. The minimum absolute atomic E-state index is 0.00945. The molecule has 0 spiro atoms. The molecule has 2 atom stereocenters. The van der Waals surface area contributed by atoms with Gasteiger partial charge < -0.3 is 24.6 Å². The molecular weight excluding hydrogens is 662 g/mol. The number of nitro groups is 1. The first kappa shape index (κ1) is 34.7. The number of aliphatic hydroxyl groups is 1. The molecule has 49 heavy (non-hydrogen) atoms. The second kappa shape index (κ2) is 14.7. The smallest absolute Gasteiger partial charge is 0.408 e. The van der Waals surface area contributed by atoms with Gasteiger partial charge in [0.15, 0.2) is 4.90 Å². The molecule has 0 radical (unpaired) electrons. The number of nitrogens with one attached hydrogen (secondary N) is 1. The minimum Gasteiger partial charge on any atom is -0.497 e. The van der Waals surface area contributed by atoms with E-state index in [0.717, 1.165) is 21.8 Å². The van der Waals surface area contributed by atoms with E-state index in [1.165, 1.54) is 31.3 Å². The molecule has 1 aliphatic rings. The van der Waals surface area contributed by atoms with Crippen LogP contribution in [0, 0.1) is 10.1 Å². The fraction of sp³-hybridized carbons (Fsp3) is 0.290. The van der Waals surface area contributed by atoms with Gasteiger partial charge in [0.05, 0.1) is 44.9 Å². The molecule has 17 nitrogen and oxygen atoms in total. The van der Waals surface area contributed by atoms with Gasteiger partial charge in [0, 0.05) is 30.8 Å². The Hall–Kier alpha value is -5.59. The lowest BCUT2D eigenvalue weighted by Crippen LogP contribution is -2.71. The van der Waals surface area contributed by atoms with Gasteiger partial charge in [-0.2, -0.15) is 15.0 Å². The van der Waals surface area contributed by atoms with Gasteiger partial charge >= 0.3 is 6.09 Å². The highest BCUT2D eigenvalue weighted by Crippen LogP contribution is 2.33. The quantitative estimate of drug-likeness (QED) is 0.0925. The average molecular weight is 696 g/mol. The number of β-lactam (4-membered cyclic amide) rings is 1. The van der Waals surface area contributed by atoms with Gasteiger partial charge in [0.2, 0.25) is 15.9 Å². The highest BCUT2D eigenvalue weighted by atomic mass is 32.2. The molecule has 0 bridgehead atoms. The van der Waals surface area contributed by atoms with Crippen molar-refractivity contribution in [2.75, 3.05) is 14.2 Å². The van der Waals surface area contributed by atoms with Crippen LogP contribution in [-0.2, 0) is 47.6 Å². The number of sulfonamides is 1. The van der Waals surface area contributed by atoms with Crippen LogP contribution in [0.5, 0.6) is 11.5 Å². The van der Waals surface area contributed by atoms with Crippen LogP contribution in [0.2, 0.25) is 0 Å². The first-order chi connectivity index (χ1) is 23.5. The van der Waals surface area contributed by atoms with Crippen molar-refractivity contribution in [1.82, 2.24) is 29.5 Å². The number of nitro benzene ring substituents is 1. The van der Waals surface area contributed by atoms with Crippen LogP contribution in [0.1, 0.15) is 22.5 Å². The topological polar surface area (TPSA) is 220 Å². The largest absolute Gasteiger partial charge is 0.497 e. The summed E-state index contributed by atoms with van der Waals surface area (Å²) in [7, 11) is -1.41. The third kappa shape index (κ3) is 7.45. The molecule has 1 aromatic heterocycles. The summed E-state index contributed by atoms with van der Waals surface area (Å²) in [4.78, 5) is 40.0. The number of hydrogen-bond donors (Lipinski definition) is 3. The number of aliphatic hydroxyl groups excluding tert-OH is 1. The molecule has 1 saturated heterocycles. The zero-order chi connectivity index (χ0) is 35.3. The number of hydrogen-bond acceptors (Lipinski definition) is 11. The van der Waals surface area contributed by atoms with Gasteiger partial charge in [-0.25, -0.2) is 17.9 Å². The molecule has 2 amide bonds. The molecule has 258 valence electrons. The maximum Gasteiger partial charge on any atom is 0.408 e. The molecule has 18 heteroatoms. The maximum absolute atomic E-state index is 13.7. The lowest BCUT2D eigenvalue weighted by atomic mass is 9.91. The molecule has 2 heterocycles. The molecule has 4 aromatic rings. The van der Waals surface area contributed by atoms with Crippen molar-refractivity contribution in [2.45, 2.75) is 49.8 Å². The Labute approximate surface area is 280 Å². The van der Waals surface area contributed by atoms with Crippen molar-refractivity contribution < 1.29 is 42.6 Å². The van der Waals surface area contributed by atoms with Crippen LogP contribution < -0.4 is 14.2 Å². The van der Waals surface area contributed by atoms with E-state index >= 15 is 0 Å². The van der Waals surface area contributed by atoms with Crippen molar-refractivity contribution in [3.8, 4) is 11.5 Å². The standard InChI is InChI=1S/C31H33N7O10S/c1-47-22-13-12-21(27(14-22)48-2)17-35-26(29(30(35)40)36(31(41)42)16-20-8-4-3-5-9-20)18-37-33-23(24(19-39)34-37)15-32-49(45,46)28-11-7-6-10-25(28)38(43)44/h3-14,26,29,32,39H,15-19H2,1-2H3,(H,41,42)/t26-,29+/m1/s1. The zero-order valence-corrected chi connectivity index (χ0v) is 27.2. The number of rotatable bonds is 15. The molecule has 0 saturated carbocycles. The molecule has 3 N–H and O–H groups in total. The number of likely N-dealkylation sites (tertiary alicyclic amines) is 1. The Bertz CT molecular complexity index is 1950. The van der Waals surface area contributed by atoms with Crippen molar-refractivity contribution in [2.24, 2.45) is 0 Å². The Balaban J connectivity index is 1.44. The molecule has 3 aromatic carbocycles. The summed E-state index contributed by atoms with van der Waals surface area (Å²) in [6.07, 6.45) is -1.32. The van der Waals surface area contributed by atoms with Crippen molar-refractivity contribution in [1.29, 1.82) is 0 Å². The van der Waals surface area contributed by atoms with Crippen LogP contribution >= 0.6 is 0 Å². The first-order valence-electron chi connectivity index (χ1n) is 14.8. The highest BCUT2D eigenvalue weighted by Gasteiger charge is 2.52. The van der Waals surface area contributed by atoms with Gasteiger partial charge in [0.25, 0.3) is 5.69 Å². The van der Waals surface area contributed by atoms with Crippen molar-refractivity contribution >= 4 is 27.7 Å². The number of benzene rings is 3. The van der Waals surface area contributed by atoms with Crippen LogP contribution in [0.4, 0.5) is 10.5 Å². The van der Waals surface area contributed by atoms with E-state index in [2.05, 4.69) is 14.9 Å². The van der Waals surface area contributed by atoms with Gasteiger partial charge in [-0.05, 0) is 23.8 Å². The van der Waals surface area contributed by atoms with Gasteiger partial charge in [-0.3, -0.25) is 19.8 Å². The fourth-order valence-corrected chi connectivity index (χ4v) is 6.71. The summed E-state index contributed by atoms with van der Waals surface area (Å²) in [5, 5.41) is 40.3. The number of nitrogens with zero attached hydrogens (tertiary/aromatic N) is 6. The van der Waals surface area contributed by atoms with Crippen LogP contribution in [0.25, 0.3) is 0 Å². The number of carboxylic acid groups (broad SMARTS) is 1. The summed E-state index contributed by atoms with van der Waals surface area (Å²) < 4.78 is 39.0. The monoisotopic (exact) mass is 695 g/mol. The highest BCUT2D eigenvalue weighted by molar-refractivity contribution is 7.89. The fourth-order valence-electron chi connectivity index (χ4n) is 5.55. The lowest BCUT2D eigenvalue weighted by molar-refractivity contribution is -0.387. The number of aromatic nitrogens is 3. The maximum atomic E-state index is 13.7.